The molecule has 0 aliphatic rings. The number of H-pyrrole nitrogens is 1. The minimum absolute atomic E-state index is 0.0140. The van der Waals surface area contributed by atoms with Gasteiger partial charge in [-0.15, -0.1) is 11.3 Å². The number of imidazole rings is 1. The Hall–Kier alpha value is -3.70. The number of nitrogens with two attached hydrogens (primary N) is 1. The molecule has 178 valence electrons. The highest BCUT2D eigenvalue weighted by molar-refractivity contribution is 7.15. The standard InChI is InChI=1S/C23H26N6O4S/c1-3-9-28-20(24)19(21(31)26-22(28)32)27(10-11-33-2)18(30)12-16-14-34-23-25-17(13-29(16)23)15-7-5-4-6-8-15/h4-8,13-14H,3,9-12,24H2,1-2H3,(H,26,31,32). The summed E-state index contributed by atoms with van der Waals surface area (Å²) in [5.74, 6) is -0.380. The second kappa shape index (κ2) is 10.1. The second-order valence-electron chi connectivity index (χ2n) is 7.73. The zero-order chi connectivity index (χ0) is 24.2. The molecule has 4 rings (SSSR count). The number of amides is 1. The normalized spacial score (nSPS) is 11.2. The molecule has 4 aromatic rings. The third-order valence-electron chi connectivity index (χ3n) is 5.44. The average molecular weight is 483 g/mol. The number of anilines is 2. The molecule has 10 nitrogen and oxygen atoms in total. The number of fused-ring (bicyclic) bond motifs is 1. The Balaban J connectivity index is 1.69. The Morgan fingerprint density at radius 2 is 2.03 bits per heavy atom. The number of aromatic amines is 1. The molecule has 0 fully saturated rings. The molecule has 3 aromatic heterocycles. The van der Waals surface area contributed by atoms with Gasteiger partial charge in [0.1, 0.15) is 5.82 Å². The van der Waals surface area contributed by atoms with Crippen LogP contribution < -0.4 is 21.9 Å². The smallest absolute Gasteiger partial charge is 0.330 e. The van der Waals surface area contributed by atoms with E-state index in [1.807, 2.05) is 53.2 Å². The lowest BCUT2D eigenvalue weighted by atomic mass is 10.2. The molecule has 0 saturated heterocycles. The highest BCUT2D eigenvalue weighted by atomic mass is 32.1. The summed E-state index contributed by atoms with van der Waals surface area (Å²) in [6.45, 7) is 2.52. The van der Waals surface area contributed by atoms with Crippen LogP contribution >= 0.6 is 11.3 Å². The predicted molar refractivity (Wildman–Crippen MR) is 132 cm³/mol. The number of nitrogen functional groups attached to an aromatic ring is 1. The van der Waals surface area contributed by atoms with Crippen LogP contribution in [0.1, 0.15) is 19.0 Å². The van der Waals surface area contributed by atoms with E-state index in [0.29, 0.717) is 13.0 Å². The van der Waals surface area contributed by atoms with E-state index < -0.39 is 11.2 Å². The van der Waals surface area contributed by atoms with E-state index in [0.717, 1.165) is 21.9 Å². The first-order valence-electron chi connectivity index (χ1n) is 10.9. The van der Waals surface area contributed by atoms with Crippen LogP contribution in [0.5, 0.6) is 0 Å². The molecule has 3 N–H and O–H groups in total. The van der Waals surface area contributed by atoms with Crippen molar-refractivity contribution in [1.29, 1.82) is 0 Å². The molecule has 0 unspecified atom stereocenters. The van der Waals surface area contributed by atoms with Gasteiger partial charge >= 0.3 is 5.69 Å². The number of hydrogen-bond donors (Lipinski definition) is 2. The molecular formula is C23H26N6O4S. The molecule has 0 radical (unpaired) electrons. The van der Waals surface area contributed by atoms with Crippen molar-refractivity contribution in [2.24, 2.45) is 0 Å². The number of aromatic nitrogens is 4. The zero-order valence-corrected chi connectivity index (χ0v) is 19.8. The van der Waals surface area contributed by atoms with Gasteiger partial charge in [0.05, 0.1) is 18.7 Å². The Kier molecular flexibility index (Phi) is 6.94. The molecule has 0 aliphatic heterocycles. The Bertz CT molecular complexity index is 1420. The maximum Gasteiger partial charge on any atom is 0.330 e. The number of methoxy groups -OCH3 is 1. The first kappa shape index (κ1) is 23.5. The molecule has 3 heterocycles. The number of ether oxygens (including phenoxy) is 1. The van der Waals surface area contributed by atoms with Crippen LogP contribution in [0.2, 0.25) is 0 Å². The fraction of sp³-hybridized carbons (Fsp3) is 0.304. The summed E-state index contributed by atoms with van der Waals surface area (Å²) in [6.07, 6.45) is 2.55. The van der Waals surface area contributed by atoms with Gasteiger partial charge in [0.25, 0.3) is 5.56 Å². The monoisotopic (exact) mass is 482 g/mol. The minimum Gasteiger partial charge on any atom is -0.383 e. The SMILES string of the molecule is CCCn1c(N)c(N(CCOC)C(=O)Cc2csc3nc(-c4ccccc4)cn23)c(=O)[nH]c1=O. The van der Waals surface area contributed by atoms with Gasteiger partial charge in [0, 0.05) is 43.0 Å². The van der Waals surface area contributed by atoms with Crippen molar-refractivity contribution < 1.29 is 9.53 Å². The first-order chi connectivity index (χ1) is 16.4. The molecule has 0 bridgehead atoms. The molecule has 0 atom stereocenters. The third-order valence-corrected chi connectivity index (χ3v) is 6.33. The second-order valence-corrected chi connectivity index (χ2v) is 8.57. The lowest BCUT2D eigenvalue weighted by Crippen LogP contribution is -2.43. The third kappa shape index (κ3) is 4.52. The maximum absolute atomic E-state index is 13.4. The molecule has 1 aromatic carbocycles. The summed E-state index contributed by atoms with van der Waals surface area (Å²) in [6, 6.07) is 9.79. The fourth-order valence-corrected chi connectivity index (χ4v) is 4.66. The number of nitrogens with zero attached hydrogens (tertiary/aromatic N) is 4. The number of carbonyl (C=O) groups is 1. The number of nitrogens with one attached hydrogen (secondary N) is 1. The highest BCUT2D eigenvalue weighted by Gasteiger charge is 2.25. The predicted octanol–water partition coefficient (Wildman–Crippen LogP) is 2.13. The summed E-state index contributed by atoms with van der Waals surface area (Å²) in [5, 5.41) is 1.87. The Morgan fingerprint density at radius 3 is 2.74 bits per heavy atom. The van der Waals surface area contributed by atoms with Crippen LogP contribution in [0.25, 0.3) is 16.2 Å². The molecule has 0 spiro atoms. The van der Waals surface area contributed by atoms with Gasteiger partial charge in [0.2, 0.25) is 5.91 Å². The molecule has 0 aliphatic carbocycles. The van der Waals surface area contributed by atoms with E-state index in [2.05, 4.69) is 9.97 Å². The van der Waals surface area contributed by atoms with Gasteiger partial charge in [-0.3, -0.25) is 23.5 Å². The first-order valence-corrected chi connectivity index (χ1v) is 11.7. The Labute approximate surface area is 199 Å². The van der Waals surface area contributed by atoms with E-state index in [9.17, 15) is 14.4 Å². The highest BCUT2D eigenvalue weighted by Crippen LogP contribution is 2.25. The van der Waals surface area contributed by atoms with Crippen molar-refractivity contribution in [1.82, 2.24) is 18.9 Å². The zero-order valence-electron chi connectivity index (χ0n) is 19.0. The lowest BCUT2D eigenvalue weighted by Gasteiger charge is -2.24. The number of carbonyl (C=O) groups excluding carboxylic acids is 1. The van der Waals surface area contributed by atoms with Crippen LogP contribution in [-0.2, 0) is 22.5 Å². The van der Waals surface area contributed by atoms with Crippen LogP contribution in [0.3, 0.4) is 0 Å². The van der Waals surface area contributed by atoms with Gasteiger partial charge in [-0.2, -0.15) is 0 Å². The maximum atomic E-state index is 13.4. The average Bonchev–Trinajstić information content (AvgIpc) is 3.41. The van der Waals surface area contributed by atoms with Crippen LogP contribution in [-0.4, -0.2) is 45.1 Å². The van der Waals surface area contributed by atoms with Gasteiger partial charge in [-0.1, -0.05) is 37.3 Å². The molecule has 11 heteroatoms. The van der Waals surface area contributed by atoms with E-state index in [-0.39, 0.29) is 37.0 Å². The molecule has 1 amide bonds. The van der Waals surface area contributed by atoms with Crippen molar-refractivity contribution in [3.63, 3.8) is 0 Å². The van der Waals surface area contributed by atoms with Crippen molar-refractivity contribution in [3.8, 4) is 11.3 Å². The molecular weight excluding hydrogens is 456 g/mol. The van der Waals surface area contributed by atoms with E-state index in [4.69, 9.17) is 10.5 Å². The summed E-state index contributed by atoms with van der Waals surface area (Å²) in [4.78, 5) is 47.4. The fourth-order valence-electron chi connectivity index (χ4n) is 3.78. The van der Waals surface area contributed by atoms with Crippen LogP contribution in [0.15, 0.2) is 51.5 Å². The molecule has 34 heavy (non-hydrogen) atoms. The van der Waals surface area contributed by atoms with Gasteiger partial charge in [0.15, 0.2) is 10.6 Å². The summed E-state index contributed by atoms with van der Waals surface area (Å²) >= 11 is 1.43. The molecule has 0 saturated carbocycles. The van der Waals surface area contributed by atoms with Crippen molar-refractivity contribution >= 4 is 33.7 Å². The largest absolute Gasteiger partial charge is 0.383 e. The van der Waals surface area contributed by atoms with Crippen LogP contribution in [0, 0.1) is 0 Å². The number of benzene rings is 1. The van der Waals surface area contributed by atoms with Crippen molar-refractivity contribution in [2.75, 3.05) is 30.9 Å². The number of rotatable bonds is 9. The van der Waals surface area contributed by atoms with Crippen molar-refractivity contribution in [3.05, 3.63) is 68.4 Å². The van der Waals surface area contributed by atoms with Gasteiger partial charge in [-0.25, -0.2) is 9.78 Å². The van der Waals surface area contributed by atoms with E-state index >= 15 is 0 Å². The topological polar surface area (TPSA) is 128 Å². The lowest BCUT2D eigenvalue weighted by molar-refractivity contribution is -0.118. The Morgan fingerprint density at radius 1 is 1.26 bits per heavy atom. The number of thiazole rings is 1. The van der Waals surface area contributed by atoms with Crippen LogP contribution in [0.4, 0.5) is 11.5 Å². The summed E-state index contributed by atoms with van der Waals surface area (Å²) in [7, 11) is 1.51. The minimum atomic E-state index is -0.705. The summed E-state index contributed by atoms with van der Waals surface area (Å²) in [5.41, 5.74) is 7.39. The van der Waals surface area contributed by atoms with Gasteiger partial charge < -0.3 is 15.4 Å². The van der Waals surface area contributed by atoms with Crippen molar-refractivity contribution in [2.45, 2.75) is 26.3 Å². The van der Waals surface area contributed by atoms with Gasteiger partial charge in [-0.05, 0) is 6.42 Å². The van der Waals surface area contributed by atoms with E-state index in [1.165, 1.54) is 27.9 Å². The summed E-state index contributed by atoms with van der Waals surface area (Å²) < 4.78 is 8.31. The quantitative estimate of drug-likeness (QED) is 0.376. The van der Waals surface area contributed by atoms with E-state index in [1.54, 1.807) is 0 Å². The number of hydrogen-bond acceptors (Lipinski definition) is 7.